The minimum absolute atomic E-state index is 0.0245. The average Bonchev–Trinajstić information content (AvgIpc) is 3.18. The summed E-state index contributed by atoms with van der Waals surface area (Å²) in [5.74, 6) is -0.341. The van der Waals surface area contributed by atoms with E-state index in [1.54, 1.807) is 29.5 Å². The van der Waals surface area contributed by atoms with E-state index >= 15 is 0 Å². The second-order valence-corrected chi connectivity index (χ2v) is 8.30. The van der Waals surface area contributed by atoms with Gasteiger partial charge in [0, 0.05) is 28.2 Å². The number of benzene rings is 3. The lowest BCUT2D eigenvalue weighted by atomic mass is 10.1. The predicted molar refractivity (Wildman–Crippen MR) is 124 cm³/mol. The summed E-state index contributed by atoms with van der Waals surface area (Å²) in [6.07, 6.45) is 2.89. The number of fused-ring (bicyclic) bond motifs is 1. The molecule has 0 radical (unpaired) electrons. The molecule has 0 spiro atoms. The summed E-state index contributed by atoms with van der Waals surface area (Å²) in [7, 11) is 0. The van der Waals surface area contributed by atoms with Crippen molar-refractivity contribution in [3.8, 4) is 10.6 Å². The fourth-order valence-corrected chi connectivity index (χ4v) is 4.24. The Morgan fingerprint density at radius 2 is 1.93 bits per heavy atom. The maximum atomic E-state index is 12.5. The Morgan fingerprint density at radius 3 is 2.73 bits per heavy atom. The van der Waals surface area contributed by atoms with E-state index in [1.165, 1.54) is 18.2 Å². The van der Waals surface area contributed by atoms with Gasteiger partial charge in [-0.25, -0.2) is 4.98 Å². The van der Waals surface area contributed by atoms with E-state index < -0.39 is 4.92 Å². The number of nitro benzene ring substituents is 1. The Labute approximate surface area is 184 Å². The van der Waals surface area contributed by atoms with Crippen LogP contribution in [0.25, 0.3) is 26.9 Å². The fourth-order valence-electron chi connectivity index (χ4n) is 2.88. The number of nitro groups is 1. The number of carbonyl (C=O) groups excluding carboxylic acids is 1. The van der Waals surface area contributed by atoms with Crippen molar-refractivity contribution < 1.29 is 9.72 Å². The number of hydrogen-bond acceptors (Lipinski definition) is 5. The first-order valence-corrected chi connectivity index (χ1v) is 10.5. The highest BCUT2D eigenvalue weighted by Gasteiger charge is 2.13. The second kappa shape index (κ2) is 8.56. The molecular formula is C22H14BrN3O3S. The van der Waals surface area contributed by atoms with Gasteiger partial charge in [-0.15, -0.1) is 11.3 Å². The number of nitrogens with one attached hydrogen (secondary N) is 1. The third-order valence-electron chi connectivity index (χ3n) is 4.27. The smallest absolute Gasteiger partial charge is 0.270 e. The molecule has 1 aromatic heterocycles. The van der Waals surface area contributed by atoms with Crippen molar-refractivity contribution in [2.24, 2.45) is 0 Å². The Hall–Kier alpha value is -3.36. The number of rotatable bonds is 5. The Kier molecular flexibility index (Phi) is 5.69. The van der Waals surface area contributed by atoms with Crippen LogP contribution in [0.3, 0.4) is 0 Å². The van der Waals surface area contributed by atoms with E-state index in [9.17, 15) is 14.9 Å². The van der Waals surface area contributed by atoms with E-state index in [0.29, 0.717) is 11.3 Å². The van der Waals surface area contributed by atoms with Crippen LogP contribution < -0.4 is 5.32 Å². The number of amides is 1. The molecule has 0 saturated carbocycles. The van der Waals surface area contributed by atoms with E-state index in [1.807, 2.05) is 42.5 Å². The molecule has 0 fully saturated rings. The molecule has 0 atom stereocenters. The number of para-hydroxylation sites is 1. The molecule has 0 aliphatic heterocycles. The van der Waals surface area contributed by atoms with Gasteiger partial charge in [-0.2, -0.15) is 0 Å². The number of halogens is 1. The molecule has 4 aromatic rings. The Morgan fingerprint density at radius 1 is 1.10 bits per heavy atom. The zero-order valence-electron chi connectivity index (χ0n) is 15.4. The molecule has 0 aliphatic rings. The van der Waals surface area contributed by atoms with Crippen LogP contribution >= 0.6 is 27.3 Å². The first kappa shape index (κ1) is 19.9. The summed E-state index contributed by atoms with van der Waals surface area (Å²) in [5, 5.41) is 14.6. The summed E-state index contributed by atoms with van der Waals surface area (Å²) >= 11 is 5.03. The highest BCUT2D eigenvalue weighted by atomic mass is 79.9. The van der Waals surface area contributed by atoms with Crippen molar-refractivity contribution in [1.82, 2.24) is 4.98 Å². The lowest BCUT2D eigenvalue weighted by Crippen LogP contribution is -2.08. The van der Waals surface area contributed by atoms with E-state index in [2.05, 4.69) is 26.2 Å². The Balaban J connectivity index is 1.59. The maximum absolute atomic E-state index is 12.5. The Bertz CT molecular complexity index is 1270. The van der Waals surface area contributed by atoms with Crippen molar-refractivity contribution in [3.63, 3.8) is 0 Å². The van der Waals surface area contributed by atoms with E-state index in [-0.39, 0.29) is 11.6 Å². The molecule has 0 bridgehead atoms. The summed E-state index contributed by atoms with van der Waals surface area (Å²) in [6, 6.07) is 19.5. The largest absolute Gasteiger partial charge is 0.322 e. The van der Waals surface area contributed by atoms with Gasteiger partial charge >= 0.3 is 0 Å². The van der Waals surface area contributed by atoms with Crippen LogP contribution in [0.2, 0.25) is 0 Å². The molecule has 1 amide bonds. The maximum Gasteiger partial charge on any atom is 0.270 e. The molecule has 30 heavy (non-hydrogen) atoms. The third-order valence-corrected chi connectivity index (χ3v) is 5.83. The van der Waals surface area contributed by atoms with Gasteiger partial charge in [-0.05, 0) is 42.0 Å². The number of carbonyl (C=O) groups is 1. The van der Waals surface area contributed by atoms with Gasteiger partial charge in [0.25, 0.3) is 5.69 Å². The minimum atomic E-state index is -0.469. The van der Waals surface area contributed by atoms with Gasteiger partial charge in [-0.3, -0.25) is 14.9 Å². The molecule has 8 heteroatoms. The number of nitrogens with zero attached hydrogens (tertiary/aromatic N) is 2. The molecule has 0 saturated heterocycles. The zero-order valence-corrected chi connectivity index (χ0v) is 17.8. The molecule has 0 aliphatic carbocycles. The van der Waals surface area contributed by atoms with Crippen LogP contribution in [-0.2, 0) is 4.79 Å². The normalized spacial score (nSPS) is 11.1. The number of hydrogen-bond donors (Lipinski definition) is 1. The predicted octanol–water partition coefficient (Wildman–Crippen LogP) is 6.29. The van der Waals surface area contributed by atoms with Crippen molar-refractivity contribution in [2.75, 3.05) is 5.32 Å². The molecule has 1 N–H and O–H groups in total. The number of non-ortho nitro benzene ring substituents is 1. The molecule has 1 heterocycles. The third kappa shape index (κ3) is 4.45. The van der Waals surface area contributed by atoms with Crippen LogP contribution in [-0.4, -0.2) is 15.8 Å². The van der Waals surface area contributed by atoms with Crippen LogP contribution in [0.5, 0.6) is 0 Å². The summed E-state index contributed by atoms with van der Waals surface area (Å²) in [4.78, 5) is 27.6. The topological polar surface area (TPSA) is 85.1 Å². The first-order chi connectivity index (χ1) is 14.5. The zero-order chi connectivity index (χ0) is 21.1. The van der Waals surface area contributed by atoms with Gasteiger partial charge in [0.05, 0.1) is 20.8 Å². The standard InChI is InChI=1S/C22H14BrN3O3S/c23-15-9-10-18(17(13-15)22-25-19-6-1-2-7-20(19)30-22)24-21(27)11-8-14-4-3-5-16(12-14)26(28)29/h1-13H,(H,24,27). The molecule has 6 nitrogen and oxygen atoms in total. The van der Waals surface area contributed by atoms with Gasteiger partial charge in [0.15, 0.2) is 0 Å². The van der Waals surface area contributed by atoms with Crippen LogP contribution in [0, 0.1) is 10.1 Å². The summed E-state index contributed by atoms with van der Waals surface area (Å²) in [5.41, 5.74) is 2.89. The summed E-state index contributed by atoms with van der Waals surface area (Å²) < 4.78 is 1.94. The van der Waals surface area contributed by atoms with E-state index in [0.717, 1.165) is 25.3 Å². The lowest BCUT2D eigenvalue weighted by Gasteiger charge is -2.08. The van der Waals surface area contributed by atoms with E-state index in [4.69, 9.17) is 0 Å². The summed E-state index contributed by atoms with van der Waals surface area (Å²) in [6.45, 7) is 0. The number of anilines is 1. The SMILES string of the molecule is O=C(C=Cc1cccc([N+](=O)[O-])c1)Nc1ccc(Br)cc1-c1nc2ccccc2s1. The van der Waals surface area contributed by atoms with Gasteiger partial charge in [-0.1, -0.05) is 40.2 Å². The minimum Gasteiger partial charge on any atom is -0.322 e. The quantitative estimate of drug-likeness (QED) is 0.207. The first-order valence-electron chi connectivity index (χ1n) is 8.88. The number of aromatic nitrogens is 1. The highest BCUT2D eigenvalue weighted by Crippen LogP contribution is 2.36. The van der Waals surface area contributed by atoms with Crippen molar-refractivity contribution in [3.05, 3.63) is 93.0 Å². The number of thiazole rings is 1. The van der Waals surface area contributed by atoms with Crippen LogP contribution in [0.1, 0.15) is 5.56 Å². The lowest BCUT2D eigenvalue weighted by molar-refractivity contribution is -0.384. The highest BCUT2D eigenvalue weighted by molar-refractivity contribution is 9.10. The van der Waals surface area contributed by atoms with Crippen LogP contribution in [0.15, 0.2) is 77.3 Å². The fraction of sp³-hybridized carbons (Fsp3) is 0. The van der Waals surface area contributed by atoms with Gasteiger partial charge in [0.2, 0.25) is 5.91 Å². The van der Waals surface area contributed by atoms with Crippen molar-refractivity contribution >= 4 is 60.8 Å². The molecule has 0 unspecified atom stereocenters. The van der Waals surface area contributed by atoms with Crippen molar-refractivity contribution in [1.29, 1.82) is 0 Å². The van der Waals surface area contributed by atoms with Gasteiger partial charge < -0.3 is 5.32 Å². The molecular weight excluding hydrogens is 466 g/mol. The molecule has 3 aromatic carbocycles. The second-order valence-electron chi connectivity index (χ2n) is 6.35. The van der Waals surface area contributed by atoms with Crippen LogP contribution in [0.4, 0.5) is 11.4 Å². The van der Waals surface area contributed by atoms with Crippen molar-refractivity contribution in [2.45, 2.75) is 0 Å². The van der Waals surface area contributed by atoms with Gasteiger partial charge in [0.1, 0.15) is 5.01 Å². The average molecular weight is 480 g/mol. The molecule has 4 rings (SSSR count). The molecule has 148 valence electrons. The monoisotopic (exact) mass is 479 g/mol.